The highest BCUT2D eigenvalue weighted by Crippen LogP contribution is 2.50. The van der Waals surface area contributed by atoms with Gasteiger partial charge in [-0.05, 0) is 17.7 Å². The Morgan fingerprint density at radius 3 is 1.87 bits per heavy atom. The van der Waals surface area contributed by atoms with Gasteiger partial charge in [0.15, 0.2) is 11.4 Å². The van der Waals surface area contributed by atoms with Crippen molar-refractivity contribution in [2.45, 2.75) is 5.60 Å². The normalized spacial score (nSPS) is 15.1. The van der Waals surface area contributed by atoms with Gasteiger partial charge in [0.05, 0.1) is 0 Å². The number of hydrogen-bond acceptors (Lipinski definition) is 2. The third-order valence-corrected chi connectivity index (χ3v) is 6.04. The minimum absolute atomic E-state index is 0.0616. The fourth-order valence-electron chi connectivity index (χ4n) is 4.59. The lowest BCUT2D eigenvalue weighted by Crippen LogP contribution is -2.34. The average molecular weight is 386 g/mol. The summed E-state index contributed by atoms with van der Waals surface area (Å²) in [5.74, 6) is 0.826. The molecule has 2 nitrogen and oxygen atoms in total. The minimum Gasteiger partial charge on any atom is -0.472 e. The molecule has 0 saturated carbocycles. The van der Waals surface area contributed by atoms with Gasteiger partial charge in [0.25, 0.3) is 0 Å². The molecule has 4 aromatic carbocycles. The van der Waals surface area contributed by atoms with Crippen LogP contribution in [0.25, 0.3) is 17.2 Å². The van der Waals surface area contributed by atoms with Crippen molar-refractivity contribution < 1.29 is 9.53 Å². The molecule has 0 unspecified atom stereocenters. The molecule has 1 aliphatic carbocycles. The summed E-state index contributed by atoms with van der Waals surface area (Å²) in [4.78, 5) is 13.0. The number of ketones is 1. The third-order valence-electron chi connectivity index (χ3n) is 6.04. The van der Waals surface area contributed by atoms with Gasteiger partial charge in [-0.15, -0.1) is 0 Å². The molecule has 0 radical (unpaired) electrons. The standard InChI is InChI=1S/C28H18O2/c29-26-23-14-8-7-13-22(23)25-24(26)16-15-19-17-18-28(30-27(19)25,20-9-3-1-4-10-20)21-11-5-2-6-12-21/h1-18H. The van der Waals surface area contributed by atoms with Gasteiger partial charge in [0.2, 0.25) is 0 Å². The maximum atomic E-state index is 13.0. The maximum absolute atomic E-state index is 13.0. The molecule has 0 aromatic heterocycles. The molecular formula is C28H18O2. The van der Waals surface area contributed by atoms with Crippen molar-refractivity contribution in [1.29, 1.82) is 0 Å². The first-order valence-corrected chi connectivity index (χ1v) is 10.1. The quantitative estimate of drug-likeness (QED) is 0.359. The highest BCUT2D eigenvalue weighted by molar-refractivity contribution is 6.23. The van der Waals surface area contributed by atoms with Crippen molar-refractivity contribution in [2.24, 2.45) is 0 Å². The molecule has 0 saturated heterocycles. The molecule has 6 rings (SSSR count). The van der Waals surface area contributed by atoms with Gasteiger partial charge in [0.1, 0.15) is 5.75 Å². The molecule has 142 valence electrons. The molecule has 30 heavy (non-hydrogen) atoms. The zero-order valence-electron chi connectivity index (χ0n) is 16.2. The molecule has 0 spiro atoms. The van der Waals surface area contributed by atoms with E-state index >= 15 is 0 Å². The topological polar surface area (TPSA) is 26.3 Å². The average Bonchev–Trinajstić information content (AvgIpc) is 3.12. The van der Waals surface area contributed by atoms with E-state index in [0.29, 0.717) is 5.56 Å². The van der Waals surface area contributed by atoms with Crippen LogP contribution in [0.5, 0.6) is 5.75 Å². The molecule has 2 heteroatoms. The predicted octanol–water partition coefficient (Wildman–Crippen LogP) is 6.25. The van der Waals surface area contributed by atoms with Crippen LogP contribution < -0.4 is 4.74 Å². The molecule has 1 aliphatic heterocycles. The first-order valence-electron chi connectivity index (χ1n) is 10.1. The smallest absolute Gasteiger partial charge is 0.194 e. The number of carbonyl (C=O) groups is 1. The Morgan fingerprint density at radius 2 is 1.20 bits per heavy atom. The summed E-state index contributed by atoms with van der Waals surface area (Å²) in [6, 6.07) is 32.2. The van der Waals surface area contributed by atoms with Gasteiger partial charge in [-0.3, -0.25) is 4.79 Å². The zero-order valence-corrected chi connectivity index (χ0v) is 16.2. The van der Waals surface area contributed by atoms with Crippen LogP contribution in [0.15, 0.2) is 103 Å². The van der Waals surface area contributed by atoms with E-state index in [1.54, 1.807) is 0 Å². The molecule has 0 N–H and O–H groups in total. The lowest BCUT2D eigenvalue weighted by molar-refractivity contribution is 0.104. The van der Waals surface area contributed by atoms with E-state index in [0.717, 1.165) is 39.1 Å². The molecular weight excluding hydrogens is 368 g/mol. The number of ether oxygens (including phenoxy) is 1. The second-order valence-electron chi connectivity index (χ2n) is 7.68. The van der Waals surface area contributed by atoms with E-state index in [9.17, 15) is 4.79 Å². The van der Waals surface area contributed by atoms with E-state index < -0.39 is 5.60 Å². The Balaban J connectivity index is 1.62. The second-order valence-corrected chi connectivity index (χ2v) is 7.68. The van der Waals surface area contributed by atoms with Crippen molar-refractivity contribution in [3.8, 4) is 16.9 Å². The number of benzene rings is 4. The summed E-state index contributed by atoms with van der Waals surface area (Å²) < 4.78 is 6.90. The molecule has 2 aliphatic rings. The summed E-state index contributed by atoms with van der Waals surface area (Å²) in [6.45, 7) is 0. The summed E-state index contributed by atoms with van der Waals surface area (Å²) in [5.41, 5.74) is 5.62. The fraction of sp³-hybridized carbons (Fsp3) is 0.0357. The van der Waals surface area contributed by atoms with Crippen molar-refractivity contribution in [3.63, 3.8) is 0 Å². The Hall–Kier alpha value is -3.91. The van der Waals surface area contributed by atoms with Crippen LogP contribution in [0.4, 0.5) is 0 Å². The van der Waals surface area contributed by atoms with Gasteiger partial charge in [-0.1, -0.05) is 97.1 Å². The van der Waals surface area contributed by atoms with Gasteiger partial charge in [0, 0.05) is 33.4 Å². The largest absolute Gasteiger partial charge is 0.472 e. The molecule has 4 aromatic rings. The summed E-state index contributed by atoms with van der Waals surface area (Å²) >= 11 is 0. The van der Waals surface area contributed by atoms with Crippen molar-refractivity contribution >= 4 is 11.9 Å². The predicted molar refractivity (Wildman–Crippen MR) is 119 cm³/mol. The van der Waals surface area contributed by atoms with Crippen molar-refractivity contribution in [2.75, 3.05) is 0 Å². The first kappa shape index (κ1) is 17.0. The van der Waals surface area contributed by atoms with E-state index in [2.05, 4.69) is 36.4 Å². The van der Waals surface area contributed by atoms with Crippen LogP contribution in [-0.2, 0) is 5.60 Å². The lowest BCUT2D eigenvalue weighted by atomic mass is 9.83. The van der Waals surface area contributed by atoms with Gasteiger partial charge in [-0.2, -0.15) is 0 Å². The molecule has 0 amide bonds. The van der Waals surface area contributed by atoms with E-state index in [1.807, 2.05) is 72.8 Å². The van der Waals surface area contributed by atoms with E-state index in [1.165, 1.54) is 0 Å². The van der Waals surface area contributed by atoms with E-state index in [4.69, 9.17) is 4.74 Å². The molecule has 0 atom stereocenters. The Kier molecular flexibility index (Phi) is 3.57. The third kappa shape index (κ3) is 2.28. The van der Waals surface area contributed by atoms with Crippen LogP contribution in [0.2, 0.25) is 0 Å². The maximum Gasteiger partial charge on any atom is 0.194 e. The lowest BCUT2D eigenvalue weighted by Gasteiger charge is -2.37. The van der Waals surface area contributed by atoms with Crippen LogP contribution in [0, 0.1) is 0 Å². The van der Waals surface area contributed by atoms with Crippen LogP contribution in [0.1, 0.15) is 32.6 Å². The summed E-state index contributed by atoms with van der Waals surface area (Å²) in [7, 11) is 0. The fourth-order valence-corrected chi connectivity index (χ4v) is 4.59. The summed E-state index contributed by atoms with van der Waals surface area (Å²) in [6.07, 6.45) is 4.24. The van der Waals surface area contributed by atoms with Crippen molar-refractivity contribution in [1.82, 2.24) is 0 Å². The van der Waals surface area contributed by atoms with Crippen LogP contribution in [-0.4, -0.2) is 5.78 Å². The van der Waals surface area contributed by atoms with Crippen LogP contribution in [0.3, 0.4) is 0 Å². The van der Waals surface area contributed by atoms with Crippen molar-refractivity contribution in [3.05, 3.63) is 131 Å². The molecule has 0 fully saturated rings. The number of carbonyl (C=O) groups excluding carboxylic acids is 1. The number of rotatable bonds is 2. The monoisotopic (exact) mass is 386 g/mol. The van der Waals surface area contributed by atoms with Gasteiger partial charge in [-0.25, -0.2) is 0 Å². The molecule has 0 bridgehead atoms. The van der Waals surface area contributed by atoms with Gasteiger partial charge < -0.3 is 4.74 Å². The Morgan fingerprint density at radius 1 is 0.600 bits per heavy atom. The van der Waals surface area contributed by atoms with Gasteiger partial charge >= 0.3 is 0 Å². The SMILES string of the molecule is O=C1c2ccccc2-c2c1ccc1c2OC(c2ccccc2)(c2ccccc2)C=C1. The van der Waals surface area contributed by atoms with Crippen LogP contribution >= 0.6 is 0 Å². The Labute approximate surface area is 175 Å². The number of fused-ring (bicyclic) bond motifs is 5. The zero-order chi connectivity index (χ0) is 20.1. The van der Waals surface area contributed by atoms with E-state index in [-0.39, 0.29) is 5.78 Å². The summed E-state index contributed by atoms with van der Waals surface area (Å²) in [5, 5.41) is 0. The molecule has 1 heterocycles. The highest BCUT2D eigenvalue weighted by Gasteiger charge is 2.40. The highest BCUT2D eigenvalue weighted by atomic mass is 16.5. The first-order chi connectivity index (χ1) is 14.8. The second kappa shape index (κ2) is 6.30. The Bertz CT molecular complexity index is 1280. The number of hydrogen-bond donors (Lipinski definition) is 0. The minimum atomic E-state index is -0.759.